The molecule has 1 N–H and O–H groups in total. The molecule has 0 radical (unpaired) electrons. The van der Waals surface area contributed by atoms with Gasteiger partial charge in [0.25, 0.3) is 0 Å². The van der Waals surface area contributed by atoms with E-state index in [4.69, 9.17) is 16.3 Å². The summed E-state index contributed by atoms with van der Waals surface area (Å²) in [5.74, 6) is 0.904. The van der Waals surface area contributed by atoms with Crippen molar-refractivity contribution in [3.63, 3.8) is 0 Å². The molecule has 0 aromatic heterocycles. The molecule has 0 amide bonds. The molecule has 0 aliphatic heterocycles. The molecule has 0 atom stereocenters. The van der Waals surface area contributed by atoms with Gasteiger partial charge in [0.15, 0.2) is 0 Å². The fourth-order valence-electron chi connectivity index (χ4n) is 1.69. The third-order valence-corrected chi connectivity index (χ3v) is 2.96. The van der Waals surface area contributed by atoms with E-state index in [0.29, 0.717) is 6.04 Å². The zero-order valence-electron chi connectivity index (χ0n) is 11.4. The van der Waals surface area contributed by atoms with E-state index in [2.05, 4.69) is 19.2 Å². The highest BCUT2D eigenvalue weighted by atomic mass is 35.5. The Bertz CT molecular complexity index is 311. The normalized spacial score (nSPS) is 10.9. The van der Waals surface area contributed by atoms with Gasteiger partial charge in [-0.1, -0.05) is 38.3 Å². The van der Waals surface area contributed by atoms with Gasteiger partial charge in [-0.15, -0.1) is 0 Å². The lowest BCUT2D eigenvalue weighted by molar-refractivity contribution is 0.304. The van der Waals surface area contributed by atoms with Crippen LogP contribution in [0.25, 0.3) is 0 Å². The first-order chi connectivity index (χ1) is 8.68. The average Bonchev–Trinajstić information content (AvgIpc) is 2.34. The van der Waals surface area contributed by atoms with Crippen LogP contribution in [0.2, 0.25) is 5.02 Å². The van der Waals surface area contributed by atoms with E-state index in [1.165, 1.54) is 19.3 Å². The van der Waals surface area contributed by atoms with Crippen LogP contribution in [0.5, 0.6) is 5.75 Å². The Morgan fingerprint density at radius 3 is 2.39 bits per heavy atom. The molecule has 1 aromatic rings. The van der Waals surface area contributed by atoms with E-state index in [0.717, 1.165) is 30.3 Å². The molecule has 0 saturated carbocycles. The molecule has 0 saturated heterocycles. The molecule has 0 unspecified atom stereocenters. The topological polar surface area (TPSA) is 21.3 Å². The van der Waals surface area contributed by atoms with Gasteiger partial charge < -0.3 is 10.1 Å². The Labute approximate surface area is 116 Å². The van der Waals surface area contributed by atoms with Gasteiger partial charge in [-0.3, -0.25) is 0 Å². The minimum atomic E-state index is 0.596. The number of unbranched alkanes of at least 4 members (excludes halogenated alkanes) is 3. The predicted octanol–water partition coefficient (Wildman–Crippen LogP) is 4.28. The van der Waals surface area contributed by atoms with Crippen molar-refractivity contribution >= 4 is 11.6 Å². The molecule has 1 aromatic carbocycles. The van der Waals surface area contributed by atoms with E-state index in [1.807, 2.05) is 24.3 Å². The number of ether oxygens (including phenoxy) is 1. The van der Waals surface area contributed by atoms with E-state index < -0.39 is 0 Å². The van der Waals surface area contributed by atoms with Gasteiger partial charge in [0.1, 0.15) is 5.75 Å². The molecule has 0 aliphatic rings. The molecule has 3 heteroatoms. The second-order valence-corrected chi connectivity index (χ2v) is 5.26. The highest BCUT2D eigenvalue weighted by molar-refractivity contribution is 6.30. The lowest BCUT2D eigenvalue weighted by Gasteiger charge is -2.08. The number of hydrogen-bond donors (Lipinski definition) is 1. The maximum absolute atomic E-state index is 5.80. The largest absolute Gasteiger partial charge is 0.494 e. The van der Waals surface area contributed by atoms with Crippen LogP contribution in [0, 0.1) is 0 Å². The van der Waals surface area contributed by atoms with Crippen LogP contribution in [0.1, 0.15) is 39.5 Å². The molecule has 0 aliphatic carbocycles. The molecule has 18 heavy (non-hydrogen) atoms. The molecule has 0 bridgehead atoms. The Morgan fingerprint density at radius 2 is 1.72 bits per heavy atom. The maximum atomic E-state index is 5.80. The van der Waals surface area contributed by atoms with Crippen LogP contribution < -0.4 is 10.1 Å². The Morgan fingerprint density at radius 1 is 1.06 bits per heavy atom. The van der Waals surface area contributed by atoms with Crippen molar-refractivity contribution in [2.75, 3.05) is 13.2 Å². The first-order valence-electron chi connectivity index (χ1n) is 6.80. The lowest BCUT2D eigenvalue weighted by atomic mass is 10.2. The Kier molecular flexibility index (Phi) is 7.86. The van der Waals surface area contributed by atoms with Crippen LogP contribution >= 0.6 is 11.6 Å². The number of hydrogen-bond acceptors (Lipinski definition) is 2. The van der Waals surface area contributed by atoms with Crippen LogP contribution in [0.3, 0.4) is 0 Å². The molecule has 102 valence electrons. The average molecular weight is 270 g/mol. The smallest absolute Gasteiger partial charge is 0.119 e. The zero-order valence-corrected chi connectivity index (χ0v) is 12.2. The van der Waals surface area contributed by atoms with Gasteiger partial charge in [0, 0.05) is 11.1 Å². The van der Waals surface area contributed by atoms with Crippen molar-refractivity contribution < 1.29 is 4.74 Å². The van der Waals surface area contributed by atoms with Gasteiger partial charge >= 0.3 is 0 Å². The summed E-state index contributed by atoms with van der Waals surface area (Å²) in [6, 6.07) is 8.13. The third-order valence-electron chi connectivity index (χ3n) is 2.71. The summed E-state index contributed by atoms with van der Waals surface area (Å²) < 4.78 is 5.63. The van der Waals surface area contributed by atoms with E-state index in [9.17, 15) is 0 Å². The SMILES string of the molecule is CC(C)NCCCCCCOc1ccc(Cl)cc1. The van der Waals surface area contributed by atoms with Crippen LogP contribution in [-0.4, -0.2) is 19.2 Å². The number of nitrogens with one attached hydrogen (secondary N) is 1. The van der Waals surface area contributed by atoms with Gasteiger partial charge in [0.2, 0.25) is 0 Å². The molecule has 0 fully saturated rings. The number of rotatable bonds is 9. The third kappa shape index (κ3) is 7.57. The summed E-state index contributed by atoms with van der Waals surface area (Å²) >= 11 is 5.80. The summed E-state index contributed by atoms with van der Waals surface area (Å²) in [4.78, 5) is 0. The summed E-state index contributed by atoms with van der Waals surface area (Å²) in [6.45, 7) is 6.27. The summed E-state index contributed by atoms with van der Waals surface area (Å²) in [5.41, 5.74) is 0. The minimum Gasteiger partial charge on any atom is -0.494 e. The maximum Gasteiger partial charge on any atom is 0.119 e. The van der Waals surface area contributed by atoms with Gasteiger partial charge in [-0.2, -0.15) is 0 Å². The van der Waals surface area contributed by atoms with Crippen molar-refractivity contribution in [1.29, 1.82) is 0 Å². The van der Waals surface area contributed by atoms with E-state index >= 15 is 0 Å². The van der Waals surface area contributed by atoms with Crippen LogP contribution in [0.4, 0.5) is 0 Å². The van der Waals surface area contributed by atoms with Crippen LogP contribution in [0.15, 0.2) is 24.3 Å². The second kappa shape index (κ2) is 9.23. The Hall–Kier alpha value is -0.730. The van der Waals surface area contributed by atoms with Crippen molar-refractivity contribution in [3.05, 3.63) is 29.3 Å². The molecular formula is C15H24ClNO. The second-order valence-electron chi connectivity index (χ2n) is 4.83. The molecule has 2 nitrogen and oxygen atoms in total. The summed E-state index contributed by atoms with van der Waals surface area (Å²) in [6.07, 6.45) is 4.86. The van der Waals surface area contributed by atoms with E-state index in [1.54, 1.807) is 0 Å². The fourth-order valence-corrected chi connectivity index (χ4v) is 1.82. The first-order valence-corrected chi connectivity index (χ1v) is 7.18. The summed E-state index contributed by atoms with van der Waals surface area (Å²) in [7, 11) is 0. The van der Waals surface area contributed by atoms with E-state index in [-0.39, 0.29) is 0 Å². The minimum absolute atomic E-state index is 0.596. The zero-order chi connectivity index (χ0) is 13.2. The van der Waals surface area contributed by atoms with Crippen molar-refractivity contribution in [2.24, 2.45) is 0 Å². The van der Waals surface area contributed by atoms with Crippen molar-refractivity contribution in [3.8, 4) is 5.75 Å². The van der Waals surface area contributed by atoms with Crippen molar-refractivity contribution in [2.45, 2.75) is 45.6 Å². The van der Waals surface area contributed by atoms with Gasteiger partial charge in [0.05, 0.1) is 6.61 Å². The van der Waals surface area contributed by atoms with Gasteiger partial charge in [-0.05, 0) is 43.7 Å². The molecule has 0 spiro atoms. The highest BCUT2D eigenvalue weighted by Crippen LogP contribution is 2.15. The Balaban J connectivity index is 1.94. The van der Waals surface area contributed by atoms with Crippen LogP contribution in [-0.2, 0) is 0 Å². The number of halogens is 1. The first kappa shape index (κ1) is 15.3. The molecular weight excluding hydrogens is 246 g/mol. The van der Waals surface area contributed by atoms with Crippen molar-refractivity contribution in [1.82, 2.24) is 5.32 Å². The predicted molar refractivity (Wildman–Crippen MR) is 78.6 cm³/mol. The molecule has 1 rings (SSSR count). The monoisotopic (exact) mass is 269 g/mol. The fraction of sp³-hybridized carbons (Fsp3) is 0.600. The molecule has 0 heterocycles. The number of benzene rings is 1. The standard InChI is InChI=1S/C15H24ClNO/c1-13(2)17-11-5-3-4-6-12-18-15-9-7-14(16)8-10-15/h7-10,13,17H,3-6,11-12H2,1-2H3. The quantitative estimate of drug-likeness (QED) is 0.676. The van der Waals surface area contributed by atoms with Gasteiger partial charge in [-0.25, -0.2) is 0 Å². The lowest BCUT2D eigenvalue weighted by Crippen LogP contribution is -2.23. The highest BCUT2D eigenvalue weighted by Gasteiger charge is 1.95. The summed E-state index contributed by atoms with van der Waals surface area (Å²) in [5, 5.41) is 4.17.